The van der Waals surface area contributed by atoms with Gasteiger partial charge in [-0.15, -0.1) is 0 Å². The van der Waals surface area contributed by atoms with Crippen molar-refractivity contribution >= 4 is 56.4 Å². The van der Waals surface area contributed by atoms with Crippen LogP contribution in [0.3, 0.4) is 0 Å². The zero-order valence-electron chi connectivity index (χ0n) is 19.1. The molecule has 3 aromatic carbocycles. The second kappa shape index (κ2) is 9.54. The first-order valence-corrected chi connectivity index (χ1v) is 12.6. The van der Waals surface area contributed by atoms with E-state index in [1.54, 1.807) is 12.1 Å². The Balaban J connectivity index is 2.11. The second-order valence-corrected chi connectivity index (χ2v) is 10.4. The lowest BCUT2D eigenvalue weighted by molar-refractivity contribution is -0.385. The van der Waals surface area contributed by atoms with Gasteiger partial charge in [0.1, 0.15) is 10.6 Å². The first-order chi connectivity index (χ1) is 17.5. The Morgan fingerprint density at radius 1 is 1.08 bits per heavy atom. The van der Waals surface area contributed by atoms with Crippen LogP contribution in [0.5, 0.6) is 5.75 Å². The Bertz CT molecular complexity index is 1580. The fourth-order valence-electron chi connectivity index (χ4n) is 4.14. The number of fused-ring (bicyclic) bond motifs is 1. The number of nitro groups is 1. The monoisotopic (exact) mass is 565 g/mol. The van der Waals surface area contributed by atoms with Crippen molar-refractivity contribution in [3.05, 3.63) is 85.9 Å². The summed E-state index contributed by atoms with van der Waals surface area (Å²) < 4.78 is 38.1. The minimum Gasteiger partial charge on any atom is -0.495 e. The number of benzene rings is 3. The van der Waals surface area contributed by atoms with E-state index in [1.165, 1.54) is 24.3 Å². The molecule has 0 aliphatic carbocycles. The lowest BCUT2D eigenvalue weighted by Crippen LogP contribution is -2.52. The summed E-state index contributed by atoms with van der Waals surface area (Å²) in [7, 11) is -2.43. The summed E-state index contributed by atoms with van der Waals surface area (Å²) >= 11 is 12.9. The maximum absolute atomic E-state index is 14.1. The maximum Gasteiger partial charge on any atom is 0.408 e. The smallest absolute Gasteiger partial charge is 0.408 e. The van der Waals surface area contributed by atoms with E-state index in [9.17, 15) is 28.1 Å². The summed E-state index contributed by atoms with van der Waals surface area (Å²) in [4.78, 5) is 35.6. The highest BCUT2D eigenvalue weighted by Gasteiger charge is 2.54. The number of non-ortho nitro benzene ring substituents is 1. The quantitative estimate of drug-likeness (QED) is 0.331. The summed E-state index contributed by atoms with van der Waals surface area (Å²) in [5, 5.41) is 16.0. The zero-order chi connectivity index (χ0) is 27.1. The van der Waals surface area contributed by atoms with Gasteiger partial charge in [0, 0.05) is 27.9 Å². The van der Waals surface area contributed by atoms with Crippen LogP contribution in [0.2, 0.25) is 10.0 Å². The number of halogens is 2. The molecule has 1 heterocycles. The lowest BCUT2D eigenvalue weighted by atomic mass is 9.83. The van der Waals surface area contributed by atoms with E-state index in [0.29, 0.717) is 0 Å². The Morgan fingerprint density at radius 3 is 2.41 bits per heavy atom. The molecule has 0 radical (unpaired) electrons. The number of methoxy groups -OCH3 is 2. The topological polar surface area (TPSA) is 154 Å². The predicted molar refractivity (Wildman–Crippen MR) is 133 cm³/mol. The van der Waals surface area contributed by atoms with Crippen LogP contribution in [0, 0.1) is 10.1 Å². The van der Waals surface area contributed by atoms with Crippen LogP contribution >= 0.6 is 23.2 Å². The Kier molecular flexibility index (Phi) is 6.76. The van der Waals surface area contributed by atoms with Crippen molar-refractivity contribution in [2.75, 3.05) is 19.5 Å². The molecule has 2 N–H and O–H groups in total. The molecule has 0 spiro atoms. The van der Waals surface area contributed by atoms with Gasteiger partial charge < -0.3 is 14.8 Å². The molecule has 11 nitrogen and oxygen atoms in total. The first-order valence-electron chi connectivity index (χ1n) is 10.3. The summed E-state index contributed by atoms with van der Waals surface area (Å²) in [5.74, 6) is -1.15. The number of amides is 2. The molecule has 4 rings (SSSR count). The molecule has 0 saturated heterocycles. The van der Waals surface area contributed by atoms with Gasteiger partial charge in [-0.2, -0.15) is 0 Å². The van der Waals surface area contributed by atoms with Crippen LogP contribution in [-0.4, -0.2) is 39.6 Å². The van der Waals surface area contributed by atoms with E-state index in [4.69, 9.17) is 32.7 Å². The maximum atomic E-state index is 14.1. The number of hydrogen-bond acceptors (Lipinski definition) is 8. The van der Waals surface area contributed by atoms with Gasteiger partial charge in [0.05, 0.1) is 35.1 Å². The molecule has 0 fully saturated rings. The third-order valence-corrected chi connectivity index (χ3v) is 8.38. The molecule has 1 unspecified atom stereocenters. The van der Waals surface area contributed by atoms with Crippen LogP contribution in [0.25, 0.3) is 0 Å². The minimum absolute atomic E-state index is 0.0326. The molecule has 3 aromatic rings. The first kappa shape index (κ1) is 26.2. The standard InChI is InChI=1S/C23H17Cl2N3O8S/c1-35-17-11-12(28(31)32)7-10-18(17)37(33,34)20-15(25)8-9-16-19(20)23(21(29)26-16,27-22(30)36-2)13-5-3-4-6-14(13)24/h3-11H,1-2H3,(H,26,29)(H,27,30). The van der Waals surface area contributed by atoms with Crippen molar-refractivity contribution < 1.29 is 32.4 Å². The number of nitro benzene ring substituents is 1. The SMILES string of the molecule is COC(=O)NC1(c2ccccc2Cl)C(=O)Nc2ccc(Cl)c(S(=O)(=O)c3ccc([N+](=O)[O-])cc3OC)c21. The van der Waals surface area contributed by atoms with Crippen LogP contribution in [0.15, 0.2) is 64.4 Å². The summed E-state index contributed by atoms with van der Waals surface area (Å²) in [6.07, 6.45) is -1.06. The predicted octanol–water partition coefficient (Wildman–Crippen LogP) is 4.29. The van der Waals surface area contributed by atoms with Gasteiger partial charge in [-0.1, -0.05) is 41.4 Å². The number of sulfone groups is 1. The number of nitrogens with zero attached hydrogens (tertiary/aromatic N) is 1. The average Bonchev–Trinajstić information content (AvgIpc) is 3.14. The normalized spacial score (nSPS) is 16.5. The van der Waals surface area contributed by atoms with Crippen molar-refractivity contribution in [3.63, 3.8) is 0 Å². The molecule has 1 aliphatic rings. The summed E-state index contributed by atoms with van der Waals surface area (Å²) in [6, 6.07) is 11.6. The number of hydrogen-bond donors (Lipinski definition) is 2. The van der Waals surface area contributed by atoms with Crippen molar-refractivity contribution in [1.29, 1.82) is 0 Å². The average molecular weight is 566 g/mol. The van der Waals surface area contributed by atoms with Crippen molar-refractivity contribution in [2.45, 2.75) is 15.3 Å². The van der Waals surface area contributed by atoms with Gasteiger partial charge in [0.25, 0.3) is 11.6 Å². The van der Waals surface area contributed by atoms with E-state index in [-0.39, 0.29) is 32.6 Å². The largest absolute Gasteiger partial charge is 0.495 e. The van der Waals surface area contributed by atoms with Crippen LogP contribution in [0.1, 0.15) is 11.1 Å². The van der Waals surface area contributed by atoms with Crippen LogP contribution in [0.4, 0.5) is 16.2 Å². The van der Waals surface area contributed by atoms with E-state index in [2.05, 4.69) is 10.6 Å². The number of nitrogens with one attached hydrogen (secondary N) is 2. The fourth-order valence-corrected chi connectivity index (χ4v) is 6.61. The molecular weight excluding hydrogens is 549 g/mol. The molecule has 0 bridgehead atoms. The highest BCUT2D eigenvalue weighted by atomic mass is 35.5. The van der Waals surface area contributed by atoms with Gasteiger partial charge >= 0.3 is 6.09 Å². The second-order valence-electron chi connectivity index (χ2n) is 7.70. The highest BCUT2D eigenvalue weighted by molar-refractivity contribution is 7.91. The number of rotatable bonds is 6. The molecule has 0 saturated carbocycles. The van der Waals surface area contributed by atoms with E-state index in [0.717, 1.165) is 32.4 Å². The fraction of sp³-hybridized carbons (Fsp3) is 0.130. The molecule has 192 valence electrons. The van der Waals surface area contributed by atoms with E-state index >= 15 is 0 Å². The highest BCUT2D eigenvalue weighted by Crippen LogP contribution is 2.50. The Labute approximate surface area is 220 Å². The molecule has 0 aromatic heterocycles. The summed E-state index contributed by atoms with van der Waals surface area (Å²) in [6.45, 7) is 0. The number of alkyl carbamates (subject to hydrolysis) is 1. The molecule has 1 aliphatic heterocycles. The molecule has 37 heavy (non-hydrogen) atoms. The van der Waals surface area contributed by atoms with Crippen LogP contribution < -0.4 is 15.4 Å². The van der Waals surface area contributed by atoms with Gasteiger partial charge in [-0.3, -0.25) is 20.2 Å². The summed E-state index contributed by atoms with van der Waals surface area (Å²) in [5.41, 5.74) is -2.72. The third-order valence-electron chi connectivity index (χ3n) is 5.74. The van der Waals surface area contributed by atoms with Gasteiger partial charge in [0.15, 0.2) is 5.54 Å². The molecule has 14 heteroatoms. The van der Waals surface area contributed by atoms with Crippen molar-refractivity contribution in [3.8, 4) is 5.75 Å². The minimum atomic E-state index is -4.64. The molecule has 2 amide bonds. The van der Waals surface area contributed by atoms with Gasteiger partial charge in [-0.25, -0.2) is 13.2 Å². The number of carbonyl (C=O) groups excluding carboxylic acids is 2. The van der Waals surface area contributed by atoms with Crippen molar-refractivity contribution in [1.82, 2.24) is 5.32 Å². The zero-order valence-corrected chi connectivity index (χ0v) is 21.4. The van der Waals surface area contributed by atoms with Gasteiger partial charge in [-0.05, 0) is 24.3 Å². The third kappa shape index (κ3) is 4.12. The Morgan fingerprint density at radius 2 is 1.78 bits per heavy atom. The molecule has 1 atom stereocenters. The Hall–Kier alpha value is -3.87. The molecular formula is C23H17Cl2N3O8S. The number of anilines is 1. The number of carbonyl (C=O) groups is 2. The van der Waals surface area contributed by atoms with E-state index < -0.39 is 47.8 Å². The van der Waals surface area contributed by atoms with Gasteiger partial charge in [0.2, 0.25) is 9.84 Å². The van der Waals surface area contributed by atoms with Crippen LogP contribution in [-0.2, 0) is 24.9 Å². The van der Waals surface area contributed by atoms with E-state index in [1.807, 2.05) is 0 Å². The lowest BCUT2D eigenvalue weighted by Gasteiger charge is -2.31. The number of ether oxygens (including phenoxy) is 2. The van der Waals surface area contributed by atoms with Crippen molar-refractivity contribution in [2.24, 2.45) is 0 Å².